The van der Waals surface area contributed by atoms with Crippen LogP contribution in [0.1, 0.15) is 38.1 Å². The van der Waals surface area contributed by atoms with Gasteiger partial charge in [0.2, 0.25) is 0 Å². The summed E-state index contributed by atoms with van der Waals surface area (Å²) in [4.78, 5) is 11.8. The van der Waals surface area contributed by atoms with Crippen LogP contribution in [0.2, 0.25) is 5.02 Å². The van der Waals surface area contributed by atoms with Crippen LogP contribution in [0.4, 0.5) is 5.69 Å². The second kappa shape index (κ2) is 5.96. The lowest BCUT2D eigenvalue weighted by molar-refractivity contribution is 0.0379. The highest BCUT2D eigenvalue weighted by atomic mass is 35.5. The highest BCUT2D eigenvalue weighted by molar-refractivity contribution is 6.32. The molecule has 0 aliphatic rings. The third-order valence-electron chi connectivity index (χ3n) is 2.03. The quantitative estimate of drug-likeness (QED) is 0.674. The number of nitrogens with two attached hydrogens (primary N) is 1. The van der Waals surface area contributed by atoms with Crippen molar-refractivity contribution in [3.8, 4) is 5.75 Å². The molecule has 0 saturated carbocycles. The molecular formula is C13H18ClNO3. The summed E-state index contributed by atoms with van der Waals surface area (Å²) in [5.74, 6) is -0.0224. The molecule has 2 N–H and O–H groups in total. The molecule has 18 heavy (non-hydrogen) atoms. The maximum atomic E-state index is 11.8. The number of anilines is 1. The topological polar surface area (TPSA) is 61.5 Å². The van der Waals surface area contributed by atoms with Gasteiger partial charge in [-0.15, -0.1) is 0 Å². The van der Waals surface area contributed by atoms with Crippen molar-refractivity contribution in [1.29, 1.82) is 0 Å². The SMILES string of the molecule is CC(C)OC(=O)c1cc(Cl)c(OC(C)C)cc1N. The molecule has 0 atom stereocenters. The van der Waals surface area contributed by atoms with Crippen LogP contribution in [0.25, 0.3) is 0 Å². The summed E-state index contributed by atoms with van der Waals surface area (Å²) >= 11 is 6.04. The number of halogens is 1. The first-order chi connectivity index (χ1) is 8.31. The Morgan fingerprint density at radius 2 is 1.83 bits per heavy atom. The predicted octanol–water partition coefficient (Wildman–Crippen LogP) is 3.27. The highest BCUT2D eigenvalue weighted by Gasteiger charge is 2.16. The molecule has 0 unspecified atom stereocenters. The van der Waals surface area contributed by atoms with Gasteiger partial charge in [-0.25, -0.2) is 4.79 Å². The summed E-state index contributed by atoms with van der Waals surface area (Å²) in [6, 6.07) is 3.01. The largest absolute Gasteiger partial charge is 0.489 e. The first-order valence-corrected chi connectivity index (χ1v) is 6.15. The fraction of sp³-hybridized carbons (Fsp3) is 0.462. The summed E-state index contributed by atoms with van der Waals surface area (Å²) in [5.41, 5.74) is 6.35. The summed E-state index contributed by atoms with van der Waals surface area (Å²) in [6.45, 7) is 7.30. The number of hydrogen-bond acceptors (Lipinski definition) is 4. The Bertz CT molecular complexity index is 444. The van der Waals surface area contributed by atoms with Crippen molar-refractivity contribution in [3.63, 3.8) is 0 Å². The van der Waals surface area contributed by atoms with E-state index in [1.165, 1.54) is 6.07 Å². The first-order valence-electron chi connectivity index (χ1n) is 5.78. The third-order valence-corrected chi connectivity index (χ3v) is 2.32. The Kier molecular flexibility index (Phi) is 4.84. The third kappa shape index (κ3) is 3.81. The van der Waals surface area contributed by atoms with Gasteiger partial charge in [0, 0.05) is 11.8 Å². The molecule has 0 aliphatic carbocycles. The fourth-order valence-electron chi connectivity index (χ4n) is 1.37. The van der Waals surface area contributed by atoms with Gasteiger partial charge in [-0.3, -0.25) is 0 Å². The number of nitrogen functional groups attached to an aromatic ring is 1. The van der Waals surface area contributed by atoms with Crippen molar-refractivity contribution >= 4 is 23.3 Å². The predicted molar refractivity (Wildman–Crippen MR) is 72.2 cm³/mol. The lowest BCUT2D eigenvalue weighted by Gasteiger charge is -2.14. The maximum Gasteiger partial charge on any atom is 0.340 e. The van der Waals surface area contributed by atoms with Crippen LogP contribution in [0.15, 0.2) is 12.1 Å². The van der Waals surface area contributed by atoms with Gasteiger partial charge in [-0.05, 0) is 33.8 Å². The van der Waals surface area contributed by atoms with E-state index in [9.17, 15) is 4.79 Å². The summed E-state index contributed by atoms with van der Waals surface area (Å²) < 4.78 is 10.6. The van der Waals surface area contributed by atoms with Gasteiger partial charge in [0.25, 0.3) is 0 Å². The van der Waals surface area contributed by atoms with Crippen molar-refractivity contribution in [2.45, 2.75) is 39.9 Å². The number of carbonyl (C=O) groups is 1. The van der Waals surface area contributed by atoms with E-state index in [0.717, 1.165) is 0 Å². The van der Waals surface area contributed by atoms with Gasteiger partial charge in [-0.2, -0.15) is 0 Å². The van der Waals surface area contributed by atoms with E-state index >= 15 is 0 Å². The van der Waals surface area contributed by atoms with E-state index in [2.05, 4.69) is 0 Å². The first kappa shape index (κ1) is 14.6. The normalized spacial score (nSPS) is 10.8. The van der Waals surface area contributed by atoms with Gasteiger partial charge in [-0.1, -0.05) is 11.6 Å². The minimum atomic E-state index is -0.486. The van der Waals surface area contributed by atoms with Crippen molar-refractivity contribution in [2.75, 3.05) is 5.73 Å². The van der Waals surface area contributed by atoms with Crippen molar-refractivity contribution < 1.29 is 14.3 Å². The Hall–Kier alpha value is -1.42. The van der Waals surface area contributed by atoms with E-state index < -0.39 is 5.97 Å². The van der Waals surface area contributed by atoms with E-state index in [-0.39, 0.29) is 17.8 Å². The molecule has 1 rings (SSSR count). The van der Waals surface area contributed by atoms with Crippen LogP contribution < -0.4 is 10.5 Å². The lowest BCUT2D eigenvalue weighted by atomic mass is 10.1. The molecule has 0 aliphatic heterocycles. The molecule has 0 bridgehead atoms. The molecule has 4 nitrogen and oxygen atoms in total. The molecule has 0 heterocycles. The number of hydrogen-bond donors (Lipinski definition) is 1. The number of esters is 1. The molecule has 0 radical (unpaired) electrons. The van der Waals surface area contributed by atoms with Crippen LogP contribution in [-0.2, 0) is 4.74 Å². The lowest BCUT2D eigenvalue weighted by Crippen LogP contribution is -2.14. The molecule has 1 aromatic rings. The van der Waals surface area contributed by atoms with Crippen LogP contribution >= 0.6 is 11.6 Å². The fourth-order valence-corrected chi connectivity index (χ4v) is 1.58. The van der Waals surface area contributed by atoms with Gasteiger partial charge < -0.3 is 15.2 Å². The molecule has 0 fully saturated rings. The van der Waals surface area contributed by atoms with Crippen molar-refractivity contribution in [3.05, 3.63) is 22.7 Å². The molecule has 5 heteroatoms. The highest BCUT2D eigenvalue weighted by Crippen LogP contribution is 2.31. The molecule has 0 saturated heterocycles. The van der Waals surface area contributed by atoms with E-state index in [0.29, 0.717) is 16.5 Å². The monoisotopic (exact) mass is 271 g/mol. The second-order valence-corrected chi connectivity index (χ2v) is 4.90. The van der Waals surface area contributed by atoms with Crippen LogP contribution in [0.3, 0.4) is 0 Å². The Labute approximate surface area is 112 Å². The van der Waals surface area contributed by atoms with Gasteiger partial charge in [0.1, 0.15) is 5.75 Å². The van der Waals surface area contributed by atoms with E-state index in [4.69, 9.17) is 26.8 Å². The van der Waals surface area contributed by atoms with Crippen LogP contribution in [0.5, 0.6) is 5.75 Å². The van der Waals surface area contributed by atoms with Crippen molar-refractivity contribution in [2.24, 2.45) is 0 Å². The van der Waals surface area contributed by atoms with E-state index in [1.54, 1.807) is 19.9 Å². The zero-order valence-corrected chi connectivity index (χ0v) is 11.7. The molecule has 0 amide bonds. The van der Waals surface area contributed by atoms with Gasteiger partial charge in [0.05, 0.1) is 22.8 Å². The summed E-state index contributed by atoms with van der Waals surface area (Å²) in [5, 5.41) is 0.341. The summed E-state index contributed by atoms with van der Waals surface area (Å²) in [7, 11) is 0. The number of benzene rings is 1. The zero-order valence-electron chi connectivity index (χ0n) is 11.0. The number of rotatable bonds is 4. The number of carbonyl (C=O) groups excluding carboxylic acids is 1. The zero-order chi connectivity index (χ0) is 13.9. The standard InChI is InChI=1S/C13H18ClNO3/c1-7(2)17-12-6-11(15)9(5-10(12)14)13(16)18-8(3)4/h5-8H,15H2,1-4H3. The molecule has 0 aromatic heterocycles. The molecule has 0 spiro atoms. The molecular weight excluding hydrogens is 254 g/mol. The van der Waals surface area contributed by atoms with Gasteiger partial charge in [0.15, 0.2) is 0 Å². The minimum Gasteiger partial charge on any atom is -0.489 e. The van der Waals surface area contributed by atoms with E-state index in [1.807, 2.05) is 13.8 Å². The Balaban J connectivity index is 3.03. The van der Waals surface area contributed by atoms with Gasteiger partial charge >= 0.3 is 5.97 Å². The average Bonchev–Trinajstić information content (AvgIpc) is 2.21. The van der Waals surface area contributed by atoms with Crippen LogP contribution in [-0.4, -0.2) is 18.2 Å². The van der Waals surface area contributed by atoms with Crippen molar-refractivity contribution in [1.82, 2.24) is 0 Å². The van der Waals surface area contributed by atoms with Crippen LogP contribution in [0, 0.1) is 0 Å². The minimum absolute atomic E-state index is 0.0182. The average molecular weight is 272 g/mol. The maximum absolute atomic E-state index is 11.8. The molecule has 100 valence electrons. The Morgan fingerprint density at radius 3 is 2.33 bits per heavy atom. The molecule has 1 aromatic carbocycles. The second-order valence-electron chi connectivity index (χ2n) is 4.49. The smallest absolute Gasteiger partial charge is 0.340 e. The summed E-state index contributed by atoms with van der Waals surface area (Å²) in [6.07, 6.45) is -0.224. The Morgan fingerprint density at radius 1 is 1.22 bits per heavy atom. The number of ether oxygens (including phenoxy) is 2.